The number of pyridine rings is 2. The summed E-state index contributed by atoms with van der Waals surface area (Å²) >= 11 is 0. The Morgan fingerprint density at radius 1 is 0.610 bits per heavy atom. The molecule has 3 N–H and O–H groups in total. The normalized spacial score (nSPS) is 20.3. The number of carbonyl (C=O) groups is 2. The summed E-state index contributed by atoms with van der Waals surface area (Å²) in [4.78, 5) is 30.5. The van der Waals surface area contributed by atoms with Gasteiger partial charge in [0.05, 0.1) is 51.0 Å². The Bertz CT molecular complexity index is 3300. The number of carbonyl (C=O) groups excluding carboxylic acids is 1. The Morgan fingerprint density at radius 3 is 1.39 bits per heavy atom. The Hall–Kier alpha value is -6.62. The maximum atomic E-state index is 14.3. The number of Topliss-reactive ketones (excluding diaryl/α,β-unsaturated/α-hetero) is 1. The molecule has 4 fully saturated rings. The summed E-state index contributed by atoms with van der Waals surface area (Å²) in [6, 6.07) is 9.87. The molecular formula is C49H47F10N9O7S2. The summed E-state index contributed by atoms with van der Waals surface area (Å²) in [6.07, 6.45) is -2.96. The molecule has 2 saturated carbocycles. The number of alkyl halides is 8. The number of ketones is 1. The van der Waals surface area contributed by atoms with Crippen LogP contribution in [0.2, 0.25) is 0 Å². The number of hydrogen-bond donors (Lipinski definition) is 2. The third kappa shape index (κ3) is 13.2. The van der Waals surface area contributed by atoms with Crippen LogP contribution in [0.15, 0.2) is 107 Å². The maximum Gasteiger partial charge on any atom is 0.433 e. The molecule has 0 radical (unpaired) electrons. The lowest BCUT2D eigenvalue weighted by atomic mass is 10.0. The minimum Gasteiger partial charge on any atom is -0.480 e. The molecule has 2 aromatic carbocycles. The Labute approximate surface area is 433 Å². The number of nitrogens with two attached hydrogens (primary N) is 1. The number of halogens is 10. The zero-order chi connectivity index (χ0) is 55.8. The summed E-state index contributed by atoms with van der Waals surface area (Å²) in [5, 5.41) is 17.9. The number of aromatic nitrogens is 6. The number of rotatable bonds is 14. The summed E-state index contributed by atoms with van der Waals surface area (Å²) in [6.45, 7) is -0.598. The third-order valence-corrected chi connectivity index (χ3v) is 16.7. The SMILES string of the molecule is NCc1cn(-c2ccc(C(F)(F)F)nc2)nc1C1CC1.O=C(CCc1cn(-c2ccc(C(F)(F)F)nc2)nc1C1CC1)[C@@H]1C[C@@H](F)CN1S(=O)(=O)c1ccc(F)cc1.O=C(O)[C@@H]1C[C@@H](F)CN1S(=O)(=O)c1ccc(F)cc1. The monoisotopic (exact) mass is 1130 g/mol. The number of aliphatic carboxylic acids is 1. The first-order valence-electron chi connectivity index (χ1n) is 23.8. The molecule has 4 atom stereocenters. The fourth-order valence-electron chi connectivity index (χ4n) is 8.71. The fourth-order valence-corrected chi connectivity index (χ4v) is 12.0. The first-order valence-corrected chi connectivity index (χ1v) is 26.6. The highest BCUT2D eigenvalue weighted by Crippen LogP contribution is 2.43. The van der Waals surface area contributed by atoms with Gasteiger partial charge in [0.15, 0.2) is 5.78 Å². The van der Waals surface area contributed by atoms with Crippen molar-refractivity contribution in [2.75, 3.05) is 13.1 Å². The Kier molecular flexibility index (Phi) is 16.4. The van der Waals surface area contributed by atoms with Crippen molar-refractivity contribution in [3.63, 3.8) is 0 Å². The molecule has 2 aliphatic heterocycles. The molecule has 2 saturated heterocycles. The van der Waals surface area contributed by atoms with E-state index in [-0.39, 0.29) is 41.4 Å². The first kappa shape index (κ1) is 56.6. The standard InChI is InChI=1S/C25H23F5N4O3S.C13H13F3N4.C11H11F2NO4S/c26-17-4-7-20(8-5-17)38(36,37)34-14-18(27)11-21(34)22(35)9-3-16-13-33(32-24(16)15-1-2-15)19-6-10-23(31-12-19)25(28,29)30;14-13(15,16)11-4-3-10(6-18-11)20-7-9(5-17)12(19-20)8-1-2-8;12-7-1-3-9(4-2-7)19(17,18)14-6-8(13)5-10(14)11(15)16/h4-8,10,12-13,15,18,21H,1-3,9,11,14H2;3-4,6-8H,1-2,5,17H2;1-4,8,10H,5-6H2,(H,15,16)/t18-,21+;;8-,10+/m1.1/s1. The predicted molar refractivity (Wildman–Crippen MR) is 253 cm³/mol. The van der Waals surface area contributed by atoms with E-state index >= 15 is 0 Å². The third-order valence-electron chi connectivity index (χ3n) is 12.9. The van der Waals surface area contributed by atoms with Crippen molar-refractivity contribution in [2.24, 2.45) is 5.73 Å². The van der Waals surface area contributed by atoms with E-state index in [4.69, 9.17) is 10.8 Å². The van der Waals surface area contributed by atoms with Crippen molar-refractivity contribution in [1.82, 2.24) is 38.1 Å². The van der Waals surface area contributed by atoms with Crippen LogP contribution in [0.5, 0.6) is 0 Å². The number of hydrogen-bond acceptors (Lipinski definition) is 11. The van der Waals surface area contributed by atoms with Crippen molar-refractivity contribution in [2.45, 2.75) is 116 Å². The highest BCUT2D eigenvalue weighted by molar-refractivity contribution is 7.89. The van der Waals surface area contributed by atoms with Crippen LogP contribution in [0.25, 0.3) is 11.4 Å². The molecule has 0 bridgehead atoms. The van der Waals surface area contributed by atoms with Gasteiger partial charge in [0.25, 0.3) is 0 Å². The lowest BCUT2D eigenvalue weighted by Gasteiger charge is -2.22. The molecule has 412 valence electrons. The van der Waals surface area contributed by atoms with Crippen LogP contribution in [0, 0.1) is 11.6 Å². The molecule has 4 aliphatic rings. The van der Waals surface area contributed by atoms with Crippen molar-refractivity contribution in [1.29, 1.82) is 0 Å². The molecule has 16 nitrogen and oxygen atoms in total. The van der Waals surface area contributed by atoms with Gasteiger partial charge in [0.2, 0.25) is 20.0 Å². The topological polar surface area (TPSA) is 217 Å². The summed E-state index contributed by atoms with van der Waals surface area (Å²) < 4.78 is 184. The number of nitrogens with zero attached hydrogens (tertiary/aromatic N) is 8. The zero-order valence-corrected chi connectivity index (χ0v) is 41.8. The van der Waals surface area contributed by atoms with Crippen molar-refractivity contribution in [3.05, 3.63) is 143 Å². The lowest BCUT2D eigenvalue weighted by molar-refractivity contribution is -0.141. The molecule has 77 heavy (non-hydrogen) atoms. The van der Waals surface area contributed by atoms with E-state index in [9.17, 15) is 70.3 Å². The smallest absolute Gasteiger partial charge is 0.433 e. The van der Waals surface area contributed by atoms with Gasteiger partial charge >= 0.3 is 18.3 Å². The van der Waals surface area contributed by atoms with Crippen LogP contribution in [0.1, 0.15) is 90.7 Å². The van der Waals surface area contributed by atoms with Crippen LogP contribution in [0.4, 0.5) is 43.9 Å². The molecule has 10 rings (SSSR count). The minimum atomic E-state index is -4.57. The lowest BCUT2D eigenvalue weighted by Crippen LogP contribution is -2.40. The fraction of sp³-hybridized carbons (Fsp3) is 0.388. The average Bonchev–Trinajstić information content (AvgIpc) is 4.23. The Morgan fingerprint density at radius 2 is 1.01 bits per heavy atom. The van der Waals surface area contributed by atoms with Gasteiger partial charge < -0.3 is 10.8 Å². The summed E-state index contributed by atoms with van der Waals surface area (Å²) in [5.41, 5.74) is 7.89. The highest BCUT2D eigenvalue weighted by Gasteiger charge is 2.46. The number of benzene rings is 2. The average molecular weight is 1130 g/mol. The van der Waals surface area contributed by atoms with Crippen LogP contribution >= 0.6 is 0 Å². The van der Waals surface area contributed by atoms with E-state index < -0.39 is 105 Å². The zero-order valence-electron chi connectivity index (χ0n) is 40.1. The highest BCUT2D eigenvalue weighted by atomic mass is 32.2. The van der Waals surface area contributed by atoms with Gasteiger partial charge in [-0.15, -0.1) is 0 Å². The number of aryl methyl sites for hydroxylation is 1. The van der Waals surface area contributed by atoms with Gasteiger partial charge in [-0.1, -0.05) is 0 Å². The second kappa shape index (κ2) is 22.4. The van der Waals surface area contributed by atoms with E-state index in [0.717, 1.165) is 114 Å². The molecule has 0 amide bonds. The quantitative estimate of drug-likeness (QED) is 0.0987. The number of carboxylic acid groups (broad SMARTS) is 1. The molecule has 0 unspecified atom stereocenters. The molecule has 6 aromatic rings. The van der Waals surface area contributed by atoms with E-state index in [1.54, 1.807) is 17.1 Å². The van der Waals surface area contributed by atoms with Crippen LogP contribution in [-0.4, -0.2) is 109 Å². The van der Waals surface area contributed by atoms with Crippen LogP contribution < -0.4 is 5.73 Å². The maximum absolute atomic E-state index is 14.3. The van der Waals surface area contributed by atoms with Crippen molar-refractivity contribution >= 4 is 31.8 Å². The molecule has 0 spiro atoms. The number of sulfonamides is 2. The second-order valence-corrected chi connectivity index (χ2v) is 22.4. The van der Waals surface area contributed by atoms with Gasteiger partial charge in [-0.2, -0.15) is 45.2 Å². The molecular weight excluding hydrogens is 1080 g/mol. The predicted octanol–water partition coefficient (Wildman–Crippen LogP) is 8.24. The number of carboxylic acids is 1. The van der Waals surface area contributed by atoms with Gasteiger partial charge in [0, 0.05) is 68.7 Å². The molecule has 2 aliphatic carbocycles. The largest absolute Gasteiger partial charge is 0.480 e. The van der Waals surface area contributed by atoms with Gasteiger partial charge in [0.1, 0.15) is 41.4 Å². The van der Waals surface area contributed by atoms with Crippen molar-refractivity contribution in [3.8, 4) is 11.4 Å². The van der Waals surface area contributed by atoms with Crippen LogP contribution in [0.3, 0.4) is 0 Å². The van der Waals surface area contributed by atoms with E-state index in [1.807, 2.05) is 0 Å². The summed E-state index contributed by atoms with van der Waals surface area (Å²) in [7, 11) is -8.36. The second-order valence-electron chi connectivity index (χ2n) is 18.6. The molecule has 4 aromatic heterocycles. The summed E-state index contributed by atoms with van der Waals surface area (Å²) in [5.74, 6) is -2.48. The van der Waals surface area contributed by atoms with Gasteiger partial charge in [-0.25, -0.2) is 53.7 Å². The van der Waals surface area contributed by atoms with Gasteiger partial charge in [-0.3, -0.25) is 9.59 Å². The van der Waals surface area contributed by atoms with E-state index in [2.05, 4.69) is 20.2 Å². The van der Waals surface area contributed by atoms with Gasteiger partial charge in [-0.05, 0) is 110 Å². The van der Waals surface area contributed by atoms with E-state index in [0.29, 0.717) is 33.7 Å². The first-order chi connectivity index (χ1) is 36.2. The van der Waals surface area contributed by atoms with Crippen LogP contribution in [-0.2, 0) is 55.0 Å². The van der Waals surface area contributed by atoms with E-state index in [1.165, 1.54) is 23.0 Å². The minimum absolute atomic E-state index is 0.0799. The molecule has 6 heterocycles. The van der Waals surface area contributed by atoms with Crippen molar-refractivity contribution < 1.29 is 75.4 Å². The Balaban J connectivity index is 0.000000169. The molecule has 28 heteroatoms.